The summed E-state index contributed by atoms with van der Waals surface area (Å²) in [6.07, 6.45) is 2.98. The lowest BCUT2D eigenvalue weighted by Gasteiger charge is -2.39. The maximum Gasteiger partial charge on any atom is 0.225 e. The predicted octanol–water partition coefficient (Wildman–Crippen LogP) is 1.63. The molecule has 0 radical (unpaired) electrons. The second-order valence-electron chi connectivity index (χ2n) is 5.38. The molecule has 0 aliphatic carbocycles. The topological polar surface area (TPSA) is 49.6 Å². The Bertz CT molecular complexity index is 314. The van der Waals surface area contributed by atoms with Crippen LogP contribution in [0.5, 0.6) is 0 Å². The van der Waals surface area contributed by atoms with E-state index in [9.17, 15) is 4.79 Å². The van der Waals surface area contributed by atoms with Crippen molar-refractivity contribution in [2.45, 2.75) is 46.1 Å². The SMILES string of the molecule is CCCC(C)C(=O)N1CCN(C(CC)C(N)=S)CC1. The molecule has 0 saturated carbocycles. The maximum atomic E-state index is 12.2. The Hall–Kier alpha value is -0.680. The van der Waals surface area contributed by atoms with Crippen LogP contribution >= 0.6 is 12.2 Å². The Balaban J connectivity index is 2.48. The lowest BCUT2D eigenvalue weighted by Crippen LogP contribution is -2.55. The van der Waals surface area contributed by atoms with E-state index in [1.165, 1.54) is 0 Å². The van der Waals surface area contributed by atoms with Crippen LogP contribution in [0.4, 0.5) is 0 Å². The summed E-state index contributed by atoms with van der Waals surface area (Å²) in [6.45, 7) is 9.60. The molecule has 110 valence electrons. The number of nitrogens with zero attached hydrogens (tertiary/aromatic N) is 2. The van der Waals surface area contributed by atoms with Crippen LogP contribution in [0.2, 0.25) is 0 Å². The van der Waals surface area contributed by atoms with Gasteiger partial charge in [0.05, 0.1) is 11.0 Å². The molecule has 1 aliphatic rings. The molecule has 0 aromatic carbocycles. The van der Waals surface area contributed by atoms with Crippen LogP contribution < -0.4 is 5.73 Å². The lowest BCUT2D eigenvalue weighted by atomic mass is 10.0. The summed E-state index contributed by atoms with van der Waals surface area (Å²) in [5.41, 5.74) is 5.77. The normalized spacial score (nSPS) is 20.1. The fourth-order valence-electron chi connectivity index (χ4n) is 2.76. The molecule has 5 heteroatoms. The maximum absolute atomic E-state index is 12.2. The van der Waals surface area contributed by atoms with Crippen molar-refractivity contribution in [1.82, 2.24) is 9.80 Å². The molecule has 0 aromatic heterocycles. The number of amides is 1. The van der Waals surface area contributed by atoms with E-state index in [0.29, 0.717) is 10.9 Å². The van der Waals surface area contributed by atoms with Crippen molar-refractivity contribution >= 4 is 23.1 Å². The molecule has 0 spiro atoms. The van der Waals surface area contributed by atoms with Gasteiger partial charge in [0.25, 0.3) is 0 Å². The molecular formula is C14H27N3OS. The number of rotatable bonds is 6. The van der Waals surface area contributed by atoms with E-state index in [-0.39, 0.29) is 12.0 Å². The van der Waals surface area contributed by atoms with Gasteiger partial charge in [-0.3, -0.25) is 9.69 Å². The van der Waals surface area contributed by atoms with E-state index < -0.39 is 0 Å². The summed E-state index contributed by atoms with van der Waals surface area (Å²) in [4.78, 5) is 17.1. The third kappa shape index (κ3) is 4.42. The monoisotopic (exact) mass is 285 g/mol. The fraction of sp³-hybridized carbons (Fsp3) is 0.857. The van der Waals surface area contributed by atoms with Gasteiger partial charge in [-0.05, 0) is 12.8 Å². The molecule has 1 amide bonds. The van der Waals surface area contributed by atoms with Gasteiger partial charge in [-0.2, -0.15) is 0 Å². The summed E-state index contributed by atoms with van der Waals surface area (Å²) < 4.78 is 0. The van der Waals surface area contributed by atoms with E-state index in [1.54, 1.807) is 0 Å². The number of carbonyl (C=O) groups excluding carboxylic acids is 1. The summed E-state index contributed by atoms with van der Waals surface area (Å²) in [7, 11) is 0. The third-order valence-electron chi connectivity index (χ3n) is 3.93. The Kier molecular flexibility index (Phi) is 6.72. The molecule has 4 nitrogen and oxygen atoms in total. The highest BCUT2D eigenvalue weighted by Crippen LogP contribution is 2.14. The van der Waals surface area contributed by atoms with Gasteiger partial charge >= 0.3 is 0 Å². The quantitative estimate of drug-likeness (QED) is 0.754. The molecule has 1 fully saturated rings. The van der Waals surface area contributed by atoms with E-state index in [4.69, 9.17) is 18.0 Å². The highest BCUT2D eigenvalue weighted by atomic mass is 32.1. The van der Waals surface area contributed by atoms with Crippen molar-refractivity contribution in [3.8, 4) is 0 Å². The second kappa shape index (κ2) is 7.80. The van der Waals surface area contributed by atoms with Crippen LogP contribution in [0.1, 0.15) is 40.0 Å². The standard InChI is InChI=1S/C14H27N3OS/c1-4-6-11(3)14(18)17-9-7-16(8-10-17)12(5-2)13(15)19/h11-12H,4-10H2,1-3H3,(H2,15,19). The van der Waals surface area contributed by atoms with E-state index in [2.05, 4.69) is 18.7 Å². The average Bonchev–Trinajstić information content (AvgIpc) is 2.39. The predicted molar refractivity (Wildman–Crippen MR) is 83.1 cm³/mol. The first-order valence-corrected chi connectivity index (χ1v) is 7.74. The molecule has 0 aromatic rings. The number of nitrogens with two attached hydrogens (primary N) is 1. The van der Waals surface area contributed by atoms with Gasteiger partial charge in [0.1, 0.15) is 0 Å². The molecule has 2 unspecified atom stereocenters. The molecular weight excluding hydrogens is 258 g/mol. The molecule has 1 aliphatic heterocycles. The van der Waals surface area contributed by atoms with Crippen LogP contribution in [-0.2, 0) is 4.79 Å². The Morgan fingerprint density at radius 3 is 2.26 bits per heavy atom. The van der Waals surface area contributed by atoms with Gasteiger partial charge in [-0.15, -0.1) is 0 Å². The number of thiocarbonyl (C=S) groups is 1. The molecule has 1 rings (SSSR count). The van der Waals surface area contributed by atoms with Crippen molar-refractivity contribution in [3.05, 3.63) is 0 Å². The number of piperazine rings is 1. The van der Waals surface area contributed by atoms with Gasteiger partial charge in [-0.25, -0.2) is 0 Å². The van der Waals surface area contributed by atoms with Crippen LogP contribution in [0.3, 0.4) is 0 Å². The van der Waals surface area contributed by atoms with Crippen LogP contribution in [0.25, 0.3) is 0 Å². The molecule has 1 saturated heterocycles. The van der Waals surface area contributed by atoms with Crippen molar-refractivity contribution in [2.24, 2.45) is 11.7 Å². The van der Waals surface area contributed by atoms with Crippen LogP contribution in [0, 0.1) is 5.92 Å². The van der Waals surface area contributed by atoms with Crippen molar-refractivity contribution in [3.63, 3.8) is 0 Å². The zero-order valence-electron chi connectivity index (χ0n) is 12.4. The van der Waals surface area contributed by atoms with Gasteiger partial charge in [0, 0.05) is 32.1 Å². The van der Waals surface area contributed by atoms with Gasteiger partial charge < -0.3 is 10.6 Å². The van der Waals surface area contributed by atoms with Crippen molar-refractivity contribution in [1.29, 1.82) is 0 Å². The van der Waals surface area contributed by atoms with Crippen molar-refractivity contribution < 1.29 is 4.79 Å². The zero-order valence-corrected chi connectivity index (χ0v) is 13.2. The second-order valence-corrected chi connectivity index (χ2v) is 5.85. The van der Waals surface area contributed by atoms with Gasteiger partial charge in [-0.1, -0.05) is 39.4 Å². The molecule has 2 atom stereocenters. The molecule has 19 heavy (non-hydrogen) atoms. The Morgan fingerprint density at radius 2 is 1.84 bits per heavy atom. The number of carbonyl (C=O) groups is 1. The van der Waals surface area contributed by atoms with Gasteiger partial charge in [0.15, 0.2) is 0 Å². The molecule has 0 bridgehead atoms. The largest absolute Gasteiger partial charge is 0.392 e. The summed E-state index contributed by atoms with van der Waals surface area (Å²) in [6, 6.07) is 0.181. The lowest BCUT2D eigenvalue weighted by molar-refractivity contribution is -0.137. The number of hydrogen-bond acceptors (Lipinski definition) is 3. The first-order chi connectivity index (χ1) is 9.01. The Morgan fingerprint density at radius 1 is 1.26 bits per heavy atom. The minimum Gasteiger partial charge on any atom is -0.392 e. The van der Waals surface area contributed by atoms with E-state index in [1.807, 2.05) is 11.8 Å². The fourth-order valence-corrected chi connectivity index (χ4v) is 3.08. The first-order valence-electron chi connectivity index (χ1n) is 7.33. The summed E-state index contributed by atoms with van der Waals surface area (Å²) in [5.74, 6) is 0.444. The van der Waals surface area contributed by atoms with Crippen LogP contribution in [0.15, 0.2) is 0 Å². The average molecular weight is 285 g/mol. The van der Waals surface area contributed by atoms with E-state index >= 15 is 0 Å². The van der Waals surface area contributed by atoms with Crippen LogP contribution in [-0.4, -0.2) is 52.9 Å². The summed E-state index contributed by atoms with van der Waals surface area (Å²) >= 11 is 5.11. The summed E-state index contributed by atoms with van der Waals surface area (Å²) in [5, 5.41) is 0. The number of hydrogen-bond donors (Lipinski definition) is 1. The van der Waals surface area contributed by atoms with E-state index in [0.717, 1.165) is 45.4 Å². The smallest absolute Gasteiger partial charge is 0.225 e. The Labute approximate surface area is 122 Å². The molecule has 1 heterocycles. The zero-order chi connectivity index (χ0) is 14.4. The van der Waals surface area contributed by atoms with Crippen molar-refractivity contribution in [2.75, 3.05) is 26.2 Å². The first kappa shape index (κ1) is 16.4. The minimum atomic E-state index is 0.147. The minimum absolute atomic E-state index is 0.147. The van der Waals surface area contributed by atoms with Gasteiger partial charge in [0.2, 0.25) is 5.91 Å². The molecule has 2 N–H and O–H groups in total. The third-order valence-corrected chi connectivity index (χ3v) is 4.20. The highest BCUT2D eigenvalue weighted by Gasteiger charge is 2.28. The highest BCUT2D eigenvalue weighted by molar-refractivity contribution is 7.80.